The van der Waals surface area contributed by atoms with E-state index in [1.165, 1.54) is 9.21 Å². The molecule has 11 heteroatoms. The third-order valence-corrected chi connectivity index (χ3v) is 7.10. The van der Waals surface area contributed by atoms with Crippen LogP contribution >= 0.6 is 11.6 Å². The molecule has 1 aromatic rings. The lowest BCUT2D eigenvalue weighted by Gasteiger charge is -2.36. The van der Waals surface area contributed by atoms with Crippen molar-refractivity contribution in [2.75, 3.05) is 65.6 Å². The second-order valence-electron chi connectivity index (χ2n) is 7.16. The molecule has 0 saturated carbocycles. The molecule has 0 aliphatic carbocycles. The molecule has 1 unspecified atom stereocenters. The van der Waals surface area contributed by atoms with Crippen LogP contribution in [-0.4, -0.2) is 94.3 Å². The number of hydrogen-bond donors (Lipinski definition) is 1. The molecule has 2 fully saturated rings. The van der Waals surface area contributed by atoms with E-state index in [4.69, 9.17) is 21.1 Å². The number of carbonyl (C=O) groups is 1. The van der Waals surface area contributed by atoms with Crippen LogP contribution in [0.15, 0.2) is 24.3 Å². The number of rotatable bonds is 7. The van der Waals surface area contributed by atoms with Crippen LogP contribution in [0.2, 0.25) is 5.02 Å². The molecule has 1 N–H and O–H groups in total. The quantitative estimate of drug-likeness (QED) is 0.660. The van der Waals surface area contributed by atoms with E-state index in [0.717, 1.165) is 18.7 Å². The third-order valence-electron chi connectivity index (χ3n) is 5.28. The number of benzene rings is 1. The Kier molecular flexibility index (Phi) is 8.32. The minimum Gasteiger partial charge on any atom is -0.450 e. The number of amides is 1. The van der Waals surface area contributed by atoms with Gasteiger partial charge in [-0.05, 0) is 24.6 Å². The molecule has 0 radical (unpaired) electrons. The average molecular weight is 461 g/mol. The largest absolute Gasteiger partial charge is 0.450 e. The van der Waals surface area contributed by atoms with E-state index in [1.807, 2.05) is 18.2 Å². The zero-order valence-electron chi connectivity index (χ0n) is 17.1. The number of hydrogen-bond acceptors (Lipinski definition) is 6. The number of nitrogens with one attached hydrogen (secondary N) is 1. The van der Waals surface area contributed by atoms with Gasteiger partial charge in [0.25, 0.3) is 10.2 Å². The zero-order chi connectivity index (χ0) is 21.6. The molecule has 1 amide bonds. The molecule has 0 bridgehead atoms. The van der Waals surface area contributed by atoms with E-state index in [1.54, 1.807) is 13.0 Å². The van der Waals surface area contributed by atoms with Crippen molar-refractivity contribution in [2.45, 2.75) is 13.0 Å². The summed E-state index contributed by atoms with van der Waals surface area (Å²) < 4.78 is 40.3. The molecule has 2 aliphatic heterocycles. The van der Waals surface area contributed by atoms with Crippen molar-refractivity contribution in [1.82, 2.24) is 18.8 Å². The summed E-state index contributed by atoms with van der Waals surface area (Å²) in [7, 11) is -3.68. The SMILES string of the molecule is CCOC(=O)N1CCN(S(=O)(=O)NCC(c2cccc(Cl)c2)N2CCOCC2)CC1. The van der Waals surface area contributed by atoms with Gasteiger partial charge in [-0.25, -0.2) is 9.52 Å². The molecule has 0 aromatic heterocycles. The highest BCUT2D eigenvalue weighted by atomic mass is 35.5. The van der Waals surface area contributed by atoms with Crippen LogP contribution in [0.1, 0.15) is 18.5 Å². The number of carbonyl (C=O) groups excluding carboxylic acids is 1. The van der Waals surface area contributed by atoms with Crippen molar-refractivity contribution >= 4 is 27.9 Å². The van der Waals surface area contributed by atoms with Crippen molar-refractivity contribution in [1.29, 1.82) is 0 Å². The van der Waals surface area contributed by atoms with Gasteiger partial charge in [-0.15, -0.1) is 0 Å². The fraction of sp³-hybridized carbons (Fsp3) is 0.632. The van der Waals surface area contributed by atoms with E-state index < -0.39 is 16.3 Å². The van der Waals surface area contributed by atoms with E-state index in [-0.39, 0.29) is 25.7 Å². The Morgan fingerprint density at radius 3 is 2.53 bits per heavy atom. The van der Waals surface area contributed by atoms with Gasteiger partial charge >= 0.3 is 6.09 Å². The summed E-state index contributed by atoms with van der Waals surface area (Å²) in [4.78, 5) is 15.6. The van der Waals surface area contributed by atoms with E-state index in [2.05, 4.69) is 9.62 Å². The van der Waals surface area contributed by atoms with Crippen molar-refractivity contribution in [2.24, 2.45) is 0 Å². The van der Waals surface area contributed by atoms with Gasteiger partial charge in [-0.3, -0.25) is 4.90 Å². The number of ether oxygens (including phenoxy) is 2. The predicted molar refractivity (Wildman–Crippen MR) is 114 cm³/mol. The van der Waals surface area contributed by atoms with Crippen LogP contribution in [0, 0.1) is 0 Å². The molecule has 1 aromatic carbocycles. The van der Waals surface area contributed by atoms with Crippen molar-refractivity contribution < 1.29 is 22.7 Å². The lowest BCUT2D eigenvalue weighted by Crippen LogP contribution is -2.54. The Bertz CT molecular complexity index is 811. The number of nitrogens with zero attached hydrogens (tertiary/aromatic N) is 3. The van der Waals surface area contributed by atoms with Gasteiger partial charge in [0.2, 0.25) is 0 Å². The zero-order valence-corrected chi connectivity index (χ0v) is 18.7. The molecule has 30 heavy (non-hydrogen) atoms. The summed E-state index contributed by atoms with van der Waals surface area (Å²) in [6, 6.07) is 7.35. The summed E-state index contributed by atoms with van der Waals surface area (Å²) in [5.74, 6) is 0. The molecule has 168 valence electrons. The molecular formula is C19H29ClN4O5S. The Balaban J connectivity index is 1.63. The second kappa shape index (κ2) is 10.7. The molecule has 1 atom stereocenters. The van der Waals surface area contributed by atoms with Gasteiger partial charge in [0, 0.05) is 56.9 Å². The topological polar surface area (TPSA) is 91.4 Å². The first-order chi connectivity index (χ1) is 14.4. The van der Waals surface area contributed by atoms with Gasteiger partial charge in [-0.2, -0.15) is 12.7 Å². The summed E-state index contributed by atoms with van der Waals surface area (Å²) in [6.07, 6.45) is -0.407. The third kappa shape index (κ3) is 6.05. The van der Waals surface area contributed by atoms with Crippen LogP contribution in [0.4, 0.5) is 4.79 Å². The van der Waals surface area contributed by atoms with Crippen LogP contribution in [0.3, 0.4) is 0 Å². The molecule has 2 heterocycles. The first kappa shape index (κ1) is 23.2. The van der Waals surface area contributed by atoms with Crippen molar-refractivity contribution in [3.8, 4) is 0 Å². The minimum atomic E-state index is -3.68. The second-order valence-corrected chi connectivity index (χ2v) is 9.35. The number of piperazine rings is 1. The number of morpholine rings is 1. The van der Waals surface area contributed by atoms with Crippen molar-refractivity contribution in [3.63, 3.8) is 0 Å². The smallest absolute Gasteiger partial charge is 0.409 e. The lowest BCUT2D eigenvalue weighted by molar-refractivity contribution is 0.0171. The van der Waals surface area contributed by atoms with Crippen LogP contribution in [0.25, 0.3) is 0 Å². The van der Waals surface area contributed by atoms with Gasteiger partial charge in [-0.1, -0.05) is 23.7 Å². The van der Waals surface area contributed by atoms with Crippen LogP contribution in [-0.2, 0) is 19.7 Å². The molecule has 9 nitrogen and oxygen atoms in total. The first-order valence-electron chi connectivity index (χ1n) is 10.1. The molecular weight excluding hydrogens is 432 g/mol. The Labute approximate surface area is 183 Å². The molecule has 0 spiro atoms. The summed E-state index contributed by atoms with van der Waals surface area (Å²) in [5.41, 5.74) is 0.958. The highest BCUT2D eigenvalue weighted by Gasteiger charge is 2.31. The summed E-state index contributed by atoms with van der Waals surface area (Å²) in [6.45, 7) is 6.00. The summed E-state index contributed by atoms with van der Waals surface area (Å²) >= 11 is 6.17. The van der Waals surface area contributed by atoms with Crippen LogP contribution in [0.5, 0.6) is 0 Å². The molecule has 2 aliphatic rings. The number of halogens is 1. The lowest BCUT2D eigenvalue weighted by atomic mass is 10.1. The maximum absolute atomic E-state index is 12.9. The van der Waals surface area contributed by atoms with E-state index >= 15 is 0 Å². The van der Waals surface area contributed by atoms with Gasteiger partial charge < -0.3 is 14.4 Å². The minimum absolute atomic E-state index is 0.150. The van der Waals surface area contributed by atoms with E-state index in [0.29, 0.717) is 37.9 Å². The fourth-order valence-corrected chi connectivity index (χ4v) is 5.06. The van der Waals surface area contributed by atoms with Crippen LogP contribution < -0.4 is 4.72 Å². The Morgan fingerprint density at radius 2 is 1.90 bits per heavy atom. The average Bonchev–Trinajstić information content (AvgIpc) is 2.75. The monoisotopic (exact) mass is 460 g/mol. The van der Waals surface area contributed by atoms with Gasteiger partial charge in [0.1, 0.15) is 0 Å². The maximum atomic E-state index is 12.9. The standard InChI is InChI=1S/C19H29ClN4O5S/c1-2-29-19(25)23-6-8-24(9-7-23)30(26,27)21-15-18(22-10-12-28-13-11-22)16-4-3-5-17(20)14-16/h3-5,14,18,21H,2,6-13,15H2,1H3. The fourth-order valence-electron chi connectivity index (χ4n) is 3.66. The van der Waals surface area contributed by atoms with Gasteiger partial charge in [0.15, 0.2) is 0 Å². The predicted octanol–water partition coefficient (Wildman–Crippen LogP) is 1.32. The normalized spacial score (nSPS) is 20.1. The van der Waals surface area contributed by atoms with Crippen molar-refractivity contribution in [3.05, 3.63) is 34.9 Å². The first-order valence-corrected chi connectivity index (χ1v) is 12.0. The molecule has 3 rings (SSSR count). The maximum Gasteiger partial charge on any atom is 0.409 e. The molecule has 2 saturated heterocycles. The summed E-state index contributed by atoms with van der Waals surface area (Å²) in [5, 5.41) is 0.615. The highest BCUT2D eigenvalue weighted by molar-refractivity contribution is 7.87. The van der Waals surface area contributed by atoms with E-state index in [9.17, 15) is 13.2 Å². The highest BCUT2D eigenvalue weighted by Crippen LogP contribution is 2.24. The Morgan fingerprint density at radius 1 is 1.20 bits per heavy atom. The Hall–Kier alpha value is -1.43. The van der Waals surface area contributed by atoms with Gasteiger partial charge in [0.05, 0.1) is 19.8 Å².